The molecule has 25 heavy (non-hydrogen) atoms. The molecule has 1 aliphatic heterocycles. The number of carbonyl (C=O) groups excluding carboxylic acids is 1. The summed E-state index contributed by atoms with van der Waals surface area (Å²) in [6.45, 7) is 11.5. The van der Waals surface area contributed by atoms with Crippen molar-refractivity contribution in [2.24, 2.45) is 11.3 Å². The predicted molar refractivity (Wildman–Crippen MR) is 102 cm³/mol. The zero-order valence-electron chi connectivity index (χ0n) is 16.1. The summed E-state index contributed by atoms with van der Waals surface area (Å²) in [5.41, 5.74) is 2.09. The molecule has 0 bridgehead atoms. The van der Waals surface area contributed by atoms with Crippen molar-refractivity contribution in [2.45, 2.75) is 46.1 Å². The fourth-order valence-corrected chi connectivity index (χ4v) is 3.99. The van der Waals surface area contributed by atoms with E-state index in [0.29, 0.717) is 11.1 Å². The maximum absolute atomic E-state index is 11.6. The summed E-state index contributed by atoms with van der Waals surface area (Å²) in [6.07, 6.45) is 5.83. The van der Waals surface area contributed by atoms with Crippen LogP contribution in [0.5, 0.6) is 0 Å². The molecule has 5 heteroatoms. The highest BCUT2D eigenvalue weighted by atomic mass is 16.1. The minimum absolute atomic E-state index is 0.133. The van der Waals surface area contributed by atoms with Gasteiger partial charge < -0.3 is 10.2 Å². The summed E-state index contributed by atoms with van der Waals surface area (Å²) >= 11 is 0. The predicted octanol–water partition coefficient (Wildman–Crippen LogP) is 2.78. The van der Waals surface area contributed by atoms with Crippen molar-refractivity contribution in [2.75, 3.05) is 38.1 Å². The maximum atomic E-state index is 11.6. The highest BCUT2D eigenvalue weighted by Gasteiger charge is 2.41. The molecule has 0 spiro atoms. The molecular formula is C20H32N4O. The molecule has 3 rings (SSSR count). The molecule has 1 amide bonds. The number of carbonyl (C=O) groups is 1. The fourth-order valence-electron chi connectivity index (χ4n) is 3.99. The van der Waals surface area contributed by atoms with Crippen molar-refractivity contribution in [1.29, 1.82) is 0 Å². The third kappa shape index (κ3) is 3.81. The van der Waals surface area contributed by atoms with E-state index >= 15 is 0 Å². The van der Waals surface area contributed by atoms with Gasteiger partial charge in [0.15, 0.2) is 0 Å². The van der Waals surface area contributed by atoms with Gasteiger partial charge in [-0.3, -0.25) is 9.69 Å². The summed E-state index contributed by atoms with van der Waals surface area (Å²) in [5.74, 6) is 0.757. The largest absolute Gasteiger partial charge is 0.368 e. The van der Waals surface area contributed by atoms with Gasteiger partial charge in [-0.05, 0) is 36.3 Å². The molecule has 0 radical (unpaired) electrons. The van der Waals surface area contributed by atoms with Crippen LogP contribution in [0.2, 0.25) is 0 Å². The van der Waals surface area contributed by atoms with Crippen LogP contribution in [0.1, 0.15) is 50.5 Å². The first kappa shape index (κ1) is 18.2. The van der Waals surface area contributed by atoms with Gasteiger partial charge in [-0.15, -0.1) is 0 Å². The van der Waals surface area contributed by atoms with Gasteiger partial charge in [0, 0.05) is 39.3 Å². The summed E-state index contributed by atoms with van der Waals surface area (Å²) in [4.78, 5) is 20.9. The molecule has 1 saturated carbocycles. The number of nitrogens with one attached hydrogen (secondary N) is 1. The van der Waals surface area contributed by atoms with Crippen LogP contribution < -0.4 is 10.2 Å². The molecule has 0 aromatic carbocycles. The van der Waals surface area contributed by atoms with Crippen LogP contribution >= 0.6 is 0 Å². The molecule has 1 aromatic rings. The van der Waals surface area contributed by atoms with E-state index in [4.69, 9.17) is 0 Å². The van der Waals surface area contributed by atoms with Crippen molar-refractivity contribution in [3.63, 3.8) is 0 Å². The Hall–Kier alpha value is -1.62. The van der Waals surface area contributed by atoms with Crippen molar-refractivity contribution in [3.05, 3.63) is 24.0 Å². The third-order valence-corrected chi connectivity index (χ3v) is 6.53. The van der Waals surface area contributed by atoms with Crippen LogP contribution in [0.15, 0.2) is 18.3 Å². The third-order valence-electron chi connectivity index (χ3n) is 6.53. The molecule has 1 N–H and O–H groups in total. The summed E-state index contributed by atoms with van der Waals surface area (Å²) in [6, 6.07) is 4.60. The number of aromatic nitrogens is 1. The number of hydrogen-bond acceptors (Lipinski definition) is 4. The zero-order chi connectivity index (χ0) is 18.0. The van der Waals surface area contributed by atoms with Gasteiger partial charge in [0.2, 0.25) is 0 Å². The van der Waals surface area contributed by atoms with Crippen molar-refractivity contribution < 1.29 is 4.79 Å². The quantitative estimate of drug-likeness (QED) is 0.892. The molecule has 1 saturated heterocycles. The standard InChI is InChI=1S/C20H32N4O/c1-5-20(2,3)15-12-17(13-15)24-10-8-23(9-11-24)16-6-7-18(22-14-16)19(25)21-4/h6-7,14-15,17H,5,8-13H2,1-4H3,(H,21,25). The van der Waals surface area contributed by atoms with E-state index in [9.17, 15) is 4.79 Å². The smallest absolute Gasteiger partial charge is 0.269 e. The van der Waals surface area contributed by atoms with E-state index in [1.54, 1.807) is 7.05 Å². The Kier molecular flexibility index (Phi) is 5.32. The Morgan fingerprint density at radius 2 is 1.92 bits per heavy atom. The Balaban J connectivity index is 1.49. The molecule has 0 unspecified atom stereocenters. The Morgan fingerprint density at radius 3 is 2.44 bits per heavy atom. The van der Waals surface area contributed by atoms with Gasteiger partial charge in [-0.2, -0.15) is 0 Å². The van der Waals surface area contributed by atoms with Crippen LogP contribution in [0, 0.1) is 11.3 Å². The second-order valence-electron chi connectivity index (χ2n) is 8.17. The molecule has 5 nitrogen and oxygen atoms in total. The number of hydrogen-bond donors (Lipinski definition) is 1. The molecular weight excluding hydrogens is 312 g/mol. The number of pyridine rings is 1. The first-order valence-corrected chi connectivity index (χ1v) is 9.61. The minimum Gasteiger partial charge on any atom is -0.368 e. The first-order valence-electron chi connectivity index (χ1n) is 9.61. The van der Waals surface area contributed by atoms with E-state index in [1.165, 1.54) is 19.3 Å². The fraction of sp³-hybridized carbons (Fsp3) is 0.700. The van der Waals surface area contributed by atoms with Gasteiger partial charge >= 0.3 is 0 Å². The van der Waals surface area contributed by atoms with E-state index in [2.05, 4.69) is 40.9 Å². The number of nitrogens with zero attached hydrogens (tertiary/aromatic N) is 3. The van der Waals surface area contributed by atoms with Crippen molar-refractivity contribution >= 4 is 11.6 Å². The topological polar surface area (TPSA) is 48.5 Å². The lowest BCUT2D eigenvalue weighted by molar-refractivity contribution is 0.00892. The highest BCUT2D eigenvalue weighted by molar-refractivity contribution is 5.92. The van der Waals surface area contributed by atoms with Crippen LogP contribution in [0.4, 0.5) is 5.69 Å². The van der Waals surface area contributed by atoms with Crippen molar-refractivity contribution in [3.8, 4) is 0 Å². The van der Waals surface area contributed by atoms with E-state index in [-0.39, 0.29) is 5.91 Å². The van der Waals surface area contributed by atoms with E-state index < -0.39 is 0 Å². The molecule has 1 aromatic heterocycles. The van der Waals surface area contributed by atoms with Gasteiger partial charge in [-0.1, -0.05) is 27.2 Å². The van der Waals surface area contributed by atoms with Crippen molar-refractivity contribution in [1.82, 2.24) is 15.2 Å². The average molecular weight is 345 g/mol. The molecule has 138 valence electrons. The van der Waals surface area contributed by atoms with Crippen LogP contribution in [0.25, 0.3) is 0 Å². The lowest BCUT2D eigenvalue weighted by Crippen LogP contribution is -2.55. The van der Waals surface area contributed by atoms with Crippen LogP contribution in [-0.4, -0.2) is 55.1 Å². The molecule has 1 aliphatic carbocycles. The number of rotatable bonds is 5. The van der Waals surface area contributed by atoms with Gasteiger partial charge in [0.1, 0.15) is 5.69 Å². The lowest BCUT2D eigenvalue weighted by atomic mass is 9.63. The van der Waals surface area contributed by atoms with Crippen LogP contribution in [-0.2, 0) is 0 Å². The maximum Gasteiger partial charge on any atom is 0.269 e. The minimum atomic E-state index is -0.133. The SMILES string of the molecule is CCC(C)(C)C1CC(N2CCN(c3ccc(C(=O)NC)nc3)CC2)C1. The number of anilines is 1. The highest BCUT2D eigenvalue weighted by Crippen LogP contribution is 2.45. The molecule has 2 heterocycles. The first-order chi connectivity index (χ1) is 11.9. The normalized spacial score (nSPS) is 24.7. The second kappa shape index (κ2) is 7.32. The summed E-state index contributed by atoms with van der Waals surface area (Å²) in [5, 5.41) is 2.61. The Morgan fingerprint density at radius 1 is 1.24 bits per heavy atom. The molecule has 2 aliphatic rings. The Labute approximate surface area is 151 Å². The van der Waals surface area contributed by atoms with Crippen LogP contribution in [0.3, 0.4) is 0 Å². The summed E-state index contributed by atoms with van der Waals surface area (Å²) in [7, 11) is 1.63. The average Bonchev–Trinajstić information content (AvgIpc) is 2.60. The Bertz CT molecular complexity index is 584. The van der Waals surface area contributed by atoms with E-state index in [0.717, 1.165) is 43.8 Å². The second-order valence-corrected chi connectivity index (χ2v) is 8.17. The van der Waals surface area contributed by atoms with E-state index in [1.807, 2.05) is 18.3 Å². The van der Waals surface area contributed by atoms with Gasteiger partial charge in [0.25, 0.3) is 5.91 Å². The zero-order valence-corrected chi connectivity index (χ0v) is 16.1. The number of amides is 1. The summed E-state index contributed by atoms with van der Waals surface area (Å²) < 4.78 is 0. The number of piperazine rings is 1. The molecule has 2 fully saturated rings. The molecule has 0 atom stereocenters. The van der Waals surface area contributed by atoms with Gasteiger partial charge in [0.05, 0.1) is 11.9 Å². The lowest BCUT2D eigenvalue weighted by Gasteiger charge is -2.51. The monoisotopic (exact) mass is 344 g/mol. The van der Waals surface area contributed by atoms with Gasteiger partial charge in [-0.25, -0.2) is 4.98 Å².